The molecule has 3 aliphatic carbocycles. The molecule has 142 valence electrons. The molecule has 0 atom stereocenters. The first-order chi connectivity index (χ1) is 12.6. The molecule has 0 spiro atoms. The van der Waals surface area contributed by atoms with Crippen molar-refractivity contribution < 1.29 is 4.79 Å². The summed E-state index contributed by atoms with van der Waals surface area (Å²) in [7, 11) is 2.23. The molecular weight excluding hydrogens is 324 g/mol. The van der Waals surface area contributed by atoms with Gasteiger partial charge in [0.25, 0.3) is 0 Å². The van der Waals surface area contributed by atoms with E-state index in [4.69, 9.17) is 5.73 Å². The van der Waals surface area contributed by atoms with Crippen LogP contribution in [0.3, 0.4) is 0 Å². The minimum absolute atomic E-state index is 0.0387. The normalized spacial score (nSPS) is 27.8. The van der Waals surface area contributed by atoms with E-state index in [9.17, 15) is 4.79 Å². The SMILES string of the molecule is CN(CCC1CC2CC(C1)C2)CC1CN(C(=O)Nc2ccccc2N)C1. The highest BCUT2D eigenvalue weighted by Crippen LogP contribution is 2.48. The van der Waals surface area contributed by atoms with Gasteiger partial charge < -0.3 is 20.9 Å². The van der Waals surface area contributed by atoms with Crippen molar-refractivity contribution in [3.63, 3.8) is 0 Å². The van der Waals surface area contributed by atoms with Crippen molar-refractivity contribution in [3.05, 3.63) is 24.3 Å². The molecule has 3 saturated carbocycles. The monoisotopic (exact) mass is 356 g/mol. The highest BCUT2D eigenvalue weighted by molar-refractivity contribution is 5.93. The molecule has 1 aliphatic heterocycles. The Morgan fingerprint density at radius 3 is 2.54 bits per heavy atom. The number of benzene rings is 1. The lowest BCUT2D eigenvalue weighted by Gasteiger charge is -2.46. The van der Waals surface area contributed by atoms with Crippen LogP contribution in [0.25, 0.3) is 0 Å². The van der Waals surface area contributed by atoms with Crippen molar-refractivity contribution in [3.8, 4) is 0 Å². The van der Waals surface area contributed by atoms with Crippen LogP contribution in [0.1, 0.15) is 32.1 Å². The Labute approximate surface area is 156 Å². The Hall–Kier alpha value is -1.75. The van der Waals surface area contributed by atoms with Crippen LogP contribution in [0.15, 0.2) is 24.3 Å². The van der Waals surface area contributed by atoms with Gasteiger partial charge in [0, 0.05) is 25.6 Å². The van der Waals surface area contributed by atoms with Crippen LogP contribution in [0, 0.1) is 23.7 Å². The summed E-state index contributed by atoms with van der Waals surface area (Å²) in [4.78, 5) is 16.6. The summed E-state index contributed by atoms with van der Waals surface area (Å²) in [6, 6.07) is 7.36. The molecule has 5 nitrogen and oxygen atoms in total. The van der Waals surface area contributed by atoms with E-state index >= 15 is 0 Å². The molecule has 4 fully saturated rings. The smallest absolute Gasteiger partial charge is 0.321 e. The minimum Gasteiger partial charge on any atom is -0.397 e. The number of hydrogen-bond donors (Lipinski definition) is 2. The van der Waals surface area contributed by atoms with E-state index in [1.54, 1.807) is 6.07 Å². The third kappa shape index (κ3) is 3.98. The Bertz CT molecular complexity index is 627. The Morgan fingerprint density at radius 2 is 1.85 bits per heavy atom. The average molecular weight is 357 g/mol. The van der Waals surface area contributed by atoms with E-state index in [0.717, 1.165) is 37.4 Å². The predicted octanol–water partition coefficient (Wildman–Crippen LogP) is 3.49. The first-order valence-corrected chi connectivity index (χ1v) is 10.2. The summed E-state index contributed by atoms with van der Waals surface area (Å²) in [5.41, 5.74) is 7.19. The molecule has 5 heteroatoms. The third-order valence-corrected chi connectivity index (χ3v) is 6.60. The predicted molar refractivity (Wildman–Crippen MR) is 106 cm³/mol. The maximum absolute atomic E-state index is 12.3. The van der Waals surface area contributed by atoms with Crippen LogP contribution in [-0.4, -0.2) is 49.1 Å². The Morgan fingerprint density at radius 1 is 1.15 bits per heavy atom. The van der Waals surface area contributed by atoms with Gasteiger partial charge in [0.1, 0.15) is 0 Å². The number of carbonyl (C=O) groups is 1. The average Bonchev–Trinajstić information content (AvgIpc) is 2.57. The highest BCUT2D eigenvalue weighted by atomic mass is 16.2. The molecule has 1 heterocycles. The number of rotatable bonds is 6. The van der Waals surface area contributed by atoms with Crippen molar-refractivity contribution in [2.24, 2.45) is 23.7 Å². The fraction of sp³-hybridized carbons (Fsp3) is 0.667. The van der Waals surface area contributed by atoms with E-state index in [2.05, 4.69) is 17.3 Å². The number of carbonyl (C=O) groups excluding carboxylic acids is 1. The summed E-state index contributed by atoms with van der Waals surface area (Å²) in [5, 5.41) is 2.91. The second-order valence-corrected chi connectivity index (χ2v) is 8.88. The standard InChI is InChI=1S/C21H32N4O/c1-24(7-6-15-8-16-10-17(9-15)11-16)12-18-13-25(14-18)21(26)23-20-5-3-2-4-19(20)22/h2-5,15-18H,6-14,22H2,1H3,(H,23,26). The minimum atomic E-state index is -0.0387. The van der Waals surface area contributed by atoms with Gasteiger partial charge in [-0.15, -0.1) is 0 Å². The van der Waals surface area contributed by atoms with Crippen molar-refractivity contribution in [1.29, 1.82) is 0 Å². The van der Waals surface area contributed by atoms with Crippen LogP contribution in [0.2, 0.25) is 0 Å². The molecular formula is C21H32N4O. The van der Waals surface area contributed by atoms with Gasteiger partial charge in [0.15, 0.2) is 0 Å². The topological polar surface area (TPSA) is 61.6 Å². The summed E-state index contributed by atoms with van der Waals surface area (Å²) < 4.78 is 0. The fourth-order valence-electron chi connectivity index (χ4n) is 5.12. The van der Waals surface area contributed by atoms with Gasteiger partial charge in [0.2, 0.25) is 0 Å². The van der Waals surface area contributed by atoms with Gasteiger partial charge >= 0.3 is 6.03 Å². The van der Waals surface area contributed by atoms with Crippen molar-refractivity contribution >= 4 is 17.4 Å². The molecule has 2 amide bonds. The summed E-state index contributed by atoms with van der Waals surface area (Å²) in [5.74, 6) is 3.68. The van der Waals surface area contributed by atoms with E-state index in [1.165, 1.54) is 38.6 Å². The number of anilines is 2. The summed E-state index contributed by atoms with van der Waals surface area (Å²) in [6.07, 6.45) is 7.34. The number of amides is 2. The van der Waals surface area contributed by atoms with Gasteiger partial charge in [0.05, 0.1) is 11.4 Å². The molecule has 1 aromatic carbocycles. The molecule has 0 radical (unpaired) electrons. The Kier molecular flexibility index (Phi) is 5.07. The van der Waals surface area contributed by atoms with Gasteiger partial charge in [-0.2, -0.15) is 0 Å². The molecule has 4 aliphatic rings. The first kappa shape index (κ1) is 17.7. The zero-order chi connectivity index (χ0) is 18.1. The molecule has 1 saturated heterocycles. The molecule has 3 N–H and O–H groups in total. The number of nitrogens with one attached hydrogen (secondary N) is 1. The van der Waals surface area contributed by atoms with E-state index in [-0.39, 0.29) is 6.03 Å². The second-order valence-electron chi connectivity index (χ2n) is 8.88. The Balaban J connectivity index is 1.13. The van der Waals surface area contributed by atoms with Gasteiger partial charge in [-0.25, -0.2) is 4.79 Å². The van der Waals surface area contributed by atoms with Crippen LogP contribution in [0.5, 0.6) is 0 Å². The lowest BCUT2D eigenvalue weighted by atomic mass is 9.61. The number of likely N-dealkylation sites (tertiary alicyclic amines) is 1. The van der Waals surface area contributed by atoms with Crippen molar-refractivity contribution in [1.82, 2.24) is 9.80 Å². The first-order valence-electron chi connectivity index (χ1n) is 10.2. The maximum Gasteiger partial charge on any atom is 0.321 e. The van der Waals surface area contributed by atoms with Crippen LogP contribution >= 0.6 is 0 Å². The van der Waals surface area contributed by atoms with Crippen molar-refractivity contribution in [2.45, 2.75) is 32.1 Å². The van der Waals surface area contributed by atoms with E-state index in [0.29, 0.717) is 17.3 Å². The number of para-hydroxylation sites is 2. The zero-order valence-electron chi connectivity index (χ0n) is 15.9. The quantitative estimate of drug-likeness (QED) is 0.767. The molecule has 26 heavy (non-hydrogen) atoms. The molecule has 0 unspecified atom stereocenters. The molecule has 5 rings (SSSR count). The summed E-state index contributed by atoms with van der Waals surface area (Å²) >= 11 is 0. The van der Waals surface area contributed by atoms with E-state index < -0.39 is 0 Å². The zero-order valence-corrected chi connectivity index (χ0v) is 15.9. The van der Waals surface area contributed by atoms with Crippen LogP contribution in [0.4, 0.5) is 16.2 Å². The van der Waals surface area contributed by atoms with Gasteiger partial charge in [-0.1, -0.05) is 12.1 Å². The number of nitrogens with zero attached hydrogens (tertiary/aromatic N) is 2. The number of fused-ring (bicyclic) bond motifs is 2. The van der Waals surface area contributed by atoms with Crippen molar-refractivity contribution in [2.75, 3.05) is 44.3 Å². The van der Waals surface area contributed by atoms with Gasteiger partial charge in [-0.05, 0) is 75.6 Å². The summed E-state index contributed by atoms with van der Waals surface area (Å²) in [6.45, 7) is 3.98. The third-order valence-electron chi connectivity index (χ3n) is 6.60. The highest BCUT2D eigenvalue weighted by Gasteiger charge is 2.38. The maximum atomic E-state index is 12.3. The molecule has 0 aromatic heterocycles. The second kappa shape index (κ2) is 7.47. The van der Waals surface area contributed by atoms with E-state index in [1.807, 2.05) is 23.1 Å². The van der Waals surface area contributed by atoms with Crippen LogP contribution < -0.4 is 11.1 Å². The van der Waals surface area contributed by atoms with Crippen LogP contribution in [-0.2, 0) is 0 Å². The fourth-order valence-corrected chi connectivity index (χ4v) is 5.12. The van der Waals surface area contributed by atoms with Gasteiger partial charge in [-0.3, -0.25) is 0 Å². The molecule has 2 bridgehead atoms. The lowest BCUT2D eigenvalue weighted by Crippen LogP contribution is -2.54. The largest absolute Gasteiger partial charge is 0.397 e. The number of nitrogens with two attached hydrogens (primary N) is 1. The number of urea groups is 1. The molecule has 1 aromatic rings. The number of nitrogen functional groups attached to an aromatic ring is 1. The lowest BCUT2D eigenvalue weighted by molar-refractivity contribution is 0.0553. The number of hydrogen-bond acceptors (Lipinski definition) is 3.